The van der Waals surface area contributed by atoms with Gasteiger partial charge in [0.1, 0.15) is 11.8 Å². The monoisotopic (exact) mass is 418 g/mol. The molecule has 0 aromatic heterocycles. The van der Waals surface area contributed by atoms with Gasteiger partial charge in [-0.05, 0) is 68.5 Å². The van der Waals surface area contributed by atoms with Crippen LogP contribution in [0.1, 0.15) is 30.0 Å². The number of anilines is 1. The highest BCUT2D eigenvalue weighted by Gasteiger charge is 2.29. The predicted octanol–water partition coefficient (Wildman–Crippen LogP) is 3.22. The van der Waals surface area contributed by atoms with Crippen molar-refractivity contribution in [1.29, 1.82) is 0 Å². The van der Waals surface area contributed by atoms with Crippen LogP contribution in [0.5, 0.6) is 5.75 Å². The van der Waals surface area contributed by atoms with E-state index in [0.29, 0.717) is 12.2 Å². The van der Waals surface area contributed by atoms with Crippen LogP contribution >= 0.6 is 0 Å². The van der Waals surface area contributed by atoms with E-state index in [2.05, 4.69) is 5.32 Å². The minimum absolute atomic E-state index is 0.325. The number of methoxy groups -OCH3 is 1. The van der Waals surface area contributed by atoms with Crippen LogP contribution in [-0.4, -0.2) is 40.3 Å². The number of carbonyl (C=O) groups excluding carboxylic acids is 1. The van der Waals surface area contributed by atoms with Crippen molar-refractivity contribution < 1.29 is 17.9 Å². The Bertz CT molecular complexity index is 957. The van der Waals surface area contributed by atoms with E-state index in [1.807, 2.05) is 44.2 Å². The Kier molecular flexibility index (Phi) is 7.67. The van der Waals surface area contributed by atoms with Crippen molar-refractivity contribution >= 4 is 21.6 Å². The van der Waals surface area contributed by atoms with Gasteiger partial charge in [-0.2, -0.15) is 0 Å². The highest BCUT2D eigenvalue weighted by Crippen LogP contribution is 2.24. The van der Waals surface area contributed by atoms with E-state index >= 15 is 0 Å². The SMILES string of the molecule is COc1ccccc1CCCNC(=O)C(C)N(c1ccc(C)c(C)c1)S(C)(=O)=O. The van der Waals surface area contributed by atoms with E-state index in [1.165, 1.54) is 4.31 Å². The summed E-state index contributed by atoms with van der Waals surface area (Å²) in [5.41, 5.74) is 3.61. The quantitative estimate of drug-likeness (QED) is 0.635. The molecular weight excluding hydrogens is 388 g/mol. The summed E-state index contributed by atoms with van der Waals surface area (Å²) < 4.78 is 31.3. The summed E-state index contributed by atoms with van der Waals surface area (Å²) in [7, 11) is -1.98. The number of carbonyl (C=O) groups is 1. The molecule has 0 aliphatic rings. The summed E-state index contributed by atoms with van der Waals surface area (Å²) in [5.74, 6) is 0.499. The first kappa shape index (κ1) is 22.7. The second kappa shape index (κ2) is 9.78. The summed E-state index contributed by atoms with van der Waals surface area (Å²) in [6.07, 6.45) is 2.60. The number of sulfonamides is 1. The van der Waals surface area contributed by atoms with Crippen molar-refractivity contribution in [2.45, 2.75) is 39.7 Å². The number of benzene rings is 2. The van der Waals surface area contributed by atoms with Gasteiger partial charge in [-0.3, -0.25) is 9.10 Å². The zero-order valence-corrected chi connectivity index (χ0v) is 18.5. The van der Waals surface area contributed by atoms with Crippen LogP contribution < -0.4 is 14.4 Å². The van der Waals surface area contributed by atoms with E-state index in [0.717, 1.165) is 41.5 Å². The molecule has 7 heteroatoms. The van der Waals surface area contributed by atoms with Gasteiger partial charge in [0.15, 0.2) is 0 Å². The lowest BCUT2D eigenvalue weighted by atomic mass is 10.1. The Morgan fingerprint density at radius 2 is 1.83 bits per heavy atom. The fourth-order valence-corrected chi connectivity index (χ4v) is 4.39. The van der Waals surface area contributed by atoms with Crippen LogP contribution in [0.15, 0.2) is 42.5 Å². The van der Waals surface area contributed by atoms with Gasteiger partial charge in [0.25, 0.3) is 0 Å². The maximum Gasteiger partial charge on any atom is 0.243 e. The number of nitrogens with zero attached hydrogens (tertiary/aromatic N) is 1. The third-order valence-corrected chi connectivity index (χ3v) is 6.19. The standard InChI is InChI=1S/C22H30N2O4S/c1-16-12-13-20(15-17(16)2)24(29(5,26)27)18(3)22(25)23-14-8-10-19-9-6-7-11-21(19)28-4/h6-7,9,11-13,15,18H,8,10,14H2,1-5H3,(H,23,25). The lowest BCUT2D eigenvalue weighted by molar-refractivity contribution is -0.121. The molecule has 0 fully saturated rings. The maximum atomic E-state index is 12.6. The molecule has 1 atom stereocenters. The van der Waals surface area contributed by atoms with Crippen LogP contribution in [0.25, 0.3) is 0 Å². The van der Waals surface area contributed by atoms with E-state index in [4.69, 9.17) is 4.74 Å². The van der Waals surface area contributed by atoms with Crippen molar-refractivity contribution in [1.82, 2.24) is 5.32 Å². The topological polar surface area (TPSA) is 75.7 Å². The third kappa shape index (κ3) is 5.97. The minimum atomic E-state index is -3.62. The van der Waals surface area contributed by atoms with Gasteiger partial charge in [-0.25, -0.2) is 8.42 Å². The Hall–Kier alpha value is -2.54. The second-order valence-electron chi connectivity index (χ2n) is 7.21. The molecule has 0 spiro atoms. The number of amides is 1. The molecule has 2 rings (SSSR count). The highest BCUT2D eigenvalue weighted by atomic mass is 32.2. The van der Waals surface area contributed by atoms with Crippen LogP contribution in [0.3, 0.4) is 0 Å². The zero-order valence-electron chi connectivity index (χ0n) is 17.7. The van der Waals surface area contributed by atoms with Crippen molar-refractivity contribution in [3.05, 3.63) is 59.2 Å². The molecule has 1 amide bonds. The fourth-order valence-electron chi connectivity index (χ4n) is 3.22. The number of aryl methyl sites for hydroxylation is 3. The van der Waals surface area contributed by atoms with Crippen molar-refractivity contribution in [3.63, 3.8) is 0 Å². The Labute approximate surface area is 173 Å². The lowest BCUT2D eigenvalue weighted by Crippen LogP contribution is -2.48. The van der Waals surface area contributed by atoms with Crippen LogP contribution in [0.4, 0.5) is 5.69 Å². The van der Waals surface area contributed by atoms with E-state index in [-0.39, 0.29) is 5.91 Å². The summed E-state index contributed by atoms with van der Waals surface area (Å²) in [5, 5.41) is 2.85. The molecule has 29 heavy (non-hydrogen) atoms. The van der Waals surface area contributed by atoms with Gasteiger partial charge in [-0.1, -0.05) is 24.3 Å². The molecule has 2 aromatic carbocycles. The van der Waals surface area contributed by atoms with Gasteiger partial charge >= 0.3 is 0 Å². The van der Waals surface area contributed by atoms with Crippen molar-refractivity contribution in [2.75, 3.05) is 24.2 Å². The molecule has 0 saturated heterocycles. The molecule has 2 aromatic rings. The molecule has 0 heterocycles. The Morgan fingerprint density at radius 1 is 1.14 bits per heavy atom. The van der Waals surface area contributed by atoms with E-state index in [1.54, 1.807) is 26.2 Å². The van der Waals surface area contributed by atoms with Gasteiger partial charge < -0.3 is 10.1 Å². The first-order valence-electron chi connectivity index (χ1n) is 9.61. The Balaban J connectivity index is 2.03. The molecule has 1 unspecified atom stereocenters. The largest absolute Gasteiger partial charge is 0.496 e. The second-order valence-corrected chi connectivity index (χ2v) is 9.07. The molecule has 6 nitrogen and oxygen atoms in total. The summed E-state index contributed by atoms with van der Waals surface area (Å²) in [6.45, 7) is 5.93. The van der Waals surface area contributed by atoms with Gasteiger partial charge in [0, 0.05) is 6.54 Å². The third-order valence-electron chi connectivity index (χ3n) is 4.95. The molecule has 0 saturated carbocycles. The lowest BCUT2D eigenvalue weighted by Gasteiger charge is -2.28. The summed E-state index contributed by atoms with van der Waals surface area (Å²) in [6, 6.07) is 12.3. The number of rotatable bonds is 9. The molecule has 0 bridgehead atoms. The smallest absolute Gasteiger partial charge is 0.243 e. The Morgan fingerprint density at radius 3 is 2.45 bits per heavy atom. The number of hydrogen-bond acceptors (Lipinski definition) is 4. The van der Waals surface area contributed by atoms with Crippen LogP contribution in [0, 0.1) is 13.8 Å². The minimum Gasteiger partial charge on any atom is -0.496 e. The van der Waals surface area contributed by atoms with Gasteiger partial charge in [0.2, 0.25) is 15.9 Å². The molecule has 0 aliphatic heterocycles. The number of para-hydroxylation sites is 1. The number of hydrogen-bond donors (Lipinski definition) is 1. The first-order valence-corrected chi connectivity index (χ1v) is 11.5. The van der Waals surface area contributed by atoms with Crippen molar-refractivity contribution in [3.8, 4) is 5.75 Å². The molecule has 0 aliphatic carbocycles. The average Bonchev–Trinajstić information content (AvgIpc) is 2.67. The van der Waals surface area contributed by atoms with Gasteiger partial charge in [-0.15, -0.1) is 0 Å². The summed E-state index contributed by atoms with van der Waals surface area (Å²) >= 11 is 0. The van der Waals surface area contributed by atoms with Crippen molar-refractivity contribution in [2.24, 2.45) is 0 Å². The normalized spacial score (nSPS) is 12.3. The average molecular weight is 419 g/mol. The first-order chi connectivity index (χ1) is 13.6. The maximum absolute atomic E-state index is 12.6. The van der Waals surface area contributed by atoms with Gasteiger partial charge in [0.05, 0.1) is 19.1 Å². The van der Waals surface area contributed by atoms with Crippen LogP contribution in [0.2, 0.25) is 0 Å². The number of nitrogens with one attached hydrogen (secondary N) is 1. The fraction of sp³-hybridized carbons (Fsp3) is 0.409. The van der Waals surface area contributed by atoms with E-state index in [9.17, 15) is 13.2 Å². The highest BCUT2D eigenvalue weighted by molar-refractivity contribution is 7.92. The molecule has 158 valence electrons. The zero-order chi connectivity index (χ0) is 21.6. The molecular formula is C22H30N2O4S. The summed E-state index contributed by atoms with van der Waals surface area (Å²) in [4.78, 5) is 12.6. The predicted molar refractivity (Wildman–Crippen MR) is 117 cm³/mol. The van der Waals surface area contributed by atoms with Crippen LogP contribution in [-0.2, 0) is 21.2 Å². The molecule has 0 radical (unpaired) electrons. The van der Waals surface area contributed by atoms with E-state index < -0.39 is 16.1 Å². The number of ether oxygens (including phenoxy) is 1. The molecule has 1 N–H and O–H groups in total.